The molecule has 1 unspecified atom stereocenters. The van der Waals surface area contributed by atoms with Crippen LogP contribution in [0.2, 0.25) is 0 Å². The van der Waals surface area contributed by atoms with Crippen LogP contribution in [0.3, 0.4) is 0 Å². The van der Waals surface area contributed by atoms with Crippen LogP contribution in [0.25, 0.3) is 0 Å². The van der Waals surface area contributed by atoms with E-state index in [-0.39, 0.29) is 11.9 Å². The molecule has 1 amide bonds. The number of benzene rings is 1. The number of nitrogens with zero attached hydrogens (tertiary/aromatic N) is 2. The molecule has 4 heteroatoms. The maximum Gasteiger partial charge on any atom is 0.254 e. The summed E-state index contributed by atoms with van der Waals surface area (Å²) < 4.78 is 0.952. The van der Waals surface area contributed by atoms with E-state index >= 15 is 0 Å². The molecule has 2 rings (SSSR count). The summed E-state index contributed by atoms with van der Waals surface area (Å²) in [6.07, 6.45) is 1.04. The molecule has 18 heavy (non-hydrogen) atoms. The second-order valence-corrected chi connectivity index (χ2v) is 5.89. The average Bonchev–Trinajstić information content (AvgIpc) is 2.49. The van der Waals surface area contributed by atoms with Gasteiger partial charge in [0.05, 0.1) is 0 Å². The second kappa shape index (κ2) is 5.85. The number of halogens is 1. The van der Waals surface area contributed by atoms with Crippen molar-refractivity contribution in [2.45, 2.75) is 19.4 Å². The van der Waals surface area contributed by atoms with E-state index in [0.717, 1.165) is 36.1 Å². The van der Waals surface area contributed by atoms with E-state index < -0.39 is 0 Å². The molecule has 0 N–H and O–H groups in total. The minimum atomic E-state index is 0.138. The summed E-state index contributed by atoms with van der Waals surface area (Å²) in [5.74, 6) is 0.138. The van der Waals surface area contributed by atoms with E-state index in [4.69, 9.17) is 0 Å². The second-order valence-electron chi connectivity index (χ2n) is 4.97. The van der Waals surface area contributed by atoms with Gasteiger partial charge in [0, 0.05) is 29.2 Å². The summed E-state index contributed by atoms with van der Waals surface area (Å²) in [6.45, 7) is 4.97. The highest BCUT2D eigenvalue weighted by Crippen LogP contribution is 2.17. The van der Waals surface area contributed by atoms with Crippen LogP contribution in [0, 0.1) is 0 Å². The molecule has 3 nitrogen and oxygen atoms in total. The minimum absolute atomic E-state index is 0.138. The van der Waals surface area contributed by atoms with Crippen molar-refractivity contribution >= 4 is 21.8 Å². The summed E-state index contributed by atoms with van der Waals surface area (Å²) >= 11 is 3.42. The van der Waals surface area contributed by atoms with Gasteiger partial charge in [-0.3, -0.25) is 4.79 Å². The van der Waals surface area contributed by atoms with Crippen LogP contribution in [0.1, 0.15) is 23.7 Å². The zero-order chi connectivity index (χ0) is 13.1. The Morgan fingerprint density at radius 3 is 2.89 bits per heavy atom. The first-order valence-electron chi connectivity index (χ1n) is 6.33. The van der Waals surface area contributed by atoms with Gasteiger partial charge in [0.25, 0.3) is 5.91 Å². The van der Waals surface area contributed by atoms with Crippen molar-refractivity contribution in [2.24, 2.45) is 0 Å². The monoisotopic (exact) mass is 310 g/mol. The standard InChI is InChI=1S/C14H19BrN2O/c1-11-10-16(2)7-4-8-17(11)14(18)12-5-3-6-13(15)9-12/h3,5-6,9,11H,4,7-8,10H2,1-2H3. The fourth-order valence-electron chi connectivity index (χ4n) is 2.46. The van der Waals surface area contributed by atoms with E-state index in [2.05, 4.69) is 34.8 Å². The molecule has 1 aliphatic heterocycles. The topological polar surface area (TPSA) is 23.6 Å². The van der Waals surface area contributed by atoms with E-state index in [1.165, 1.54) is 0 Å². The van der Waals surface area contributed by atoms with Gasteiger partial charge in [0.2, 0.25) is 0 Å². The fourth-order valence-corrected chi connectivity index (χ4v) is 2.86. The van der Waals surface area contributed by atoms with Crippen LogP contribution < -0.4 is 0 Å². The quantitative estimate of drug-likeness (QED) is 0.796. The van der Waals surface area contributed by atoms with Gasteiger partial charge in [-0.05, 0) is 45.1 Å². The van der Waals surface area contributed by atoms with Crippen LogP contribution in [0.5, 0.6) is 0 Å². The average molecular weight is 311 g/mol. The number of hydrogen-bond acceptors (Lipinski definition) is 2. The Hall–Kier alpha value is -0.870. The fraction of sp³-hybridized carbons (Fsp3) is 0.500. The molecule has 0 spiro atoms. The van der Waals surface area contributed by atoms with E-state index in [9.17, 15) is 4.79 Å². The summed E-state index contributed by atoms with van der Waals surface area (Å²) in [7, 11) is 2.11. The van der Waals surface area contributed by atoms with Crippen molar-refractivity contribution < 1.29 is 4.79 Å². The van der Waals surface area contributed by atoms with Gasteiger partial charge in [-0.15, -0.1) is 0 Å². The Balaban J connectivity index is 2.17. The van der Waals surface area contributed by atoms with Crippen LogP contribution in [-0.2, 0) is 0 Å². The molecule has 1 heterocycles. The van der Waals surface area contributed by atoms with Gasteiger partial charge in [-0.1, -0.05) is 22.0 Å². The van der Waals surface area contributed by atoms with Crippen molar-refractivity contribution in [1.29, 1.82) is 0 Å². The van der Waals surface area contributed by atoms with Crippen LogP contribution in [-0.4, -0.2) is 48.4 Å². The van der Waals surface area contributed by atoms with E-state index in [0.29, 0.717) is 0 Å². The number of carbonyl (C=O) groups excluding carboxylic acids is 1. The minimum Gasteiger partial charge on any atom is -0.335 e. The Morgan fingerprint density at radius 2 is 2.17 bits per heavy atom. The maximum absolute atomic E-state index is 12.5. The van der Waals surface area contributed by atoms with E-state index in [1.807, 2.05) is 29.2 Å². The maximum atomic E-state index is 12.5. The zero-order valence-electron chi connectivity index (χ0n) is 10.9. The molecule has 1 atom stereocenters. The smallest absolute Gasteiger partial charge is 0.254 e. The largest absolute Gasteiger partial charge is 0.335 e. The third-order valence-corrected chi connectivity index (χ3v) is 3.87. The molecule has 1 aromatic rings. The highest BCUT2D eigenvalue weighted by Gasteiger charge is 2.24. The molecule has 0 aromatic heterocycles. The van der Waals surface area contributed by atoms with Crippen molar-refractivity contribution in [3.8, 4) is 0 Å². The lowest BCUT2D eigenvalue weighted by Crippen LogP contribution is -2.41. The normalized spacial score (nSPS) is 21.7. The van der Waals surface area contributed by atoms with Gasteiger partial charge in [-0.25, -0.2) is 0 Å². The first-order valence-corrected chi connectivity index (χ1v) is 7.12. The Morgan fingerprint density at radius 1 is 1.39 bits per heavy atom. The SMILES string of the molecule is CC1CN(C)CCCN1C(=O)c1cccc(Br)c1. The summed E-state index contributed by atoms with van der Waals surface area (Å²) in [6, 6.07) is 7.89. The number of likely N-dealkylation sites (N-methyl/N-ethyl adjacent to an activating group) is 1. The Labute approximate surface area is 117 Å². The number of rotatable bonds is 1. The van der Waals surface area contributed by atoms with Crippen LogP contribution in [0.4, 0.5) is 0 Å². The summed E-state index contributed by atoms with van der Waals surface area (Å²) in [5.41, 5.74) is 0.765. The van der Waals surface area contributed by atoms with Crippen molar-refractivity contribution in [3.63, 3.8) is 0 Å². The predicted octanol–water partition coefficient (Wildman–Crippen LogP) is 2.62. The molecule has 0 saturated carbocycles. The molecule has 0 bridgehead atoms. The molecule has 1 fully saturated rings. The van der Waals surface area contributed by atoms with Crippen LogP contribution in [0.15, 0.2) is 28.7 Å². The first-order chi connectivity index (χ1) is 8.58. The summed E-state index contributed by atoms with van der Waals surface area (Å²) in [5, 5.41) is 0. The number of amides is 1. The molecule has 0 aliphatic carbocycles. The third kappa shape index (κ3) is 3.12. The first kappa shape index (κ1) is 13.6. The van der Waals surface area contributed by atoms with Gasteiger partial charge >= 0.3 is 0 Å². The molecular weight excluding hydrogens is 292 g/mol. The van der Waals surface area contributed by atoms with Gasteiger partial charge < -0.3 is 9.80 Å². The van der Waals surface area contributed by atoms with Crippen molar-refractivity contribution in [3.05, 3.63) is 34.3 Å². The highest BCUT2D eigenvalue weighted by atomic mass is 79.9. The summed E-state index contributed by atoms with van der Waals surface area (Å²) in [4.78, 5) is 16.8. The lowest BCUT2D eigenvalue weighted by Gasteiger charge is -2.28. The molecular formula is C14H19BrN2O. The van der Waals surface area contributed by atoms with Gasteiger partial charge in [-0.2, -0.15) is 0 Å². The lowest BCUT2D eigenvalue weighted by atomic mass is 10.1. The Kier molecular flexibility index (Phi) is 4.40. The van der Waals surface area contributed by atoms with Gasteiger partial charge in [0.1, 0.15) is 0 Å². The third-order valence-electron chi connectivity index (χ3n) is 3.38. The molecule has 1 saturated heterocycles. The van der Waals surface area contributed by atoms with Gasteiger partial charge in [0.15, 0.2) is 0 Å². The van der Waals surface area contributed by atoms with E-state index in [1.54, 1.807) is 0 Å². The molecule has 0 radical (unpaired) electrons. The van der Waals surface area contributed by atoms with Crippen molar-refractivity contribution in [1.82, 2.24) is 9.80 Å². The number of carbonyl (C=O) groups is 1. The molecule has 1 aromatic carbocycles. The number of hydrogen-bond donors (Lipinski definition) is 0. The van der Waals surface area contributed by atoms with Crippen LogP contribution >= 0.6 is 15.9 Å². The zero-order valence-corrected chi connectivity index (χ0v) is 12.5. The molecule has 1 aliphatic rings. The highest BCUT2D eigenvalue weighted by molar-refractivity contribution is 9.10. The van der Waals surface area contributed by atoms with Crippen molar-refractivity contribution in [2.75, 3.05) is 26.7 Å². The lowest BCUT2D eigenvalue weighted by molar-refractivity contribution is 0.0696. The predicted molar refractivity (Wildman–Crippen MR) is 76.8 cm³/mol. The molecule has 98 valence electrons. The Bertz CT molecular complexity index is 436.